The SMILES string of the molecule is CC(=O)/C(=C(/C(C)=O)[N+]1=C(c2ccc(F)cc2)c2ccccc2CC1)C1c2cc(-c3ccccc3)c(-c3ccccc3)cc2-c2cc(-c3ccccc3)c(-c3ccccc3)cc21. The highest BCUT2D eigenvalue weighted by Gasteiger charge is 2.43. The molecule has 0 atom stereocenters. The van der Waals surface area contributed by atoms with E-state index in [0.29, 0.717) is 24.2 Å². The van der Waals surface area contributed by atoms with Crippen LogP contribution in [-0.2, 0) is 16.0 Å². The number of halogens is 1. The van der Waals surface area contributed by atoms with Crippen LogP contribution in [0, 0.1) is 5.82 Å². The number of ketones is 2. The van der Waals surface area contributed by atoms with Crippen molar-refractivity contribution in [2.45, 2.75) is 26.2 Å². The number of benzene rings is 8. The van der Waals surface area contributed by atoms with Gasteiger partial charge in [-0.15, -0.1) is 0 Å². The molecule has 298 valence electrons. The van der Waals surface area contributed by atoms with Gasteiger partial charge in [0, 0.05) is 24.8 Å². The summed E-state index contributed by atoms with van der Waals surface area (Å²) in [5.74, 6) is -1.33. The summed E-state index contributed by atoms with van der Waals surface area (Å²) >= 11 is 0. The molecule has 0 spiro atoms. The van der Waals surface area contributed by atoms with Crippen LogP contribution in [-0.4, -0.2) is 28.4 Å². The number of hydrogen-bond donors (Lipinski definition) is 0. The smallest absolute Gasteiger partial charge is 0.256 e. The van der Waals surface area contributed by atoms with Gasteiger partial charge in [0.15, 0.2) is 12.3 Å². The van der Waals surface area contributed by atoms with Gasteiger partial charge in [-0.25, -0.2) is 4.39 Å². The van der Waals surface area contributed by atoms with E-state index in [1.54, 1.807) is 26.0 Å². The zero-order valence-corrected chi connectivity index (χ0v) is 34.6. The van der Waals surface area contributed by atoms with Gasteiger partial charge >= 0.3 is 0 Å². The fourth-order valence-electron chi connectivity index (χ4n) is 9.72. The molecule has 0 saturated carbocycles. The molecule has 0 fully saturated rings. The molecule has 0 radical (unpaired) electrons. The summed E-state index contributed by atoms with van der Waals surface area (Å²) < 4.78 is 16.5. The maximum Gasteiger partial charge on any atom is 0.256 e. The van der Waals surface area contributed by atoms with Crippen molar-refractivity contribution < 1.29 is 18.6 Å². The zero-order chi connectivity index (χ0) is 42.3. The van der Waals surface area contributed by atoms with E-state index in [-0.39, 0.29) is 17.4 Å². The molecular weight excluding hydrogens is 762 g/mol. The van der Waals surface area contributed by atoms with Crippen molar-refractivity contribution in [3.8, 4) is 55.6 Å². The van der Waals surface area contributed by atoms with Crippen molar-refractivity contribution in [2.75, 3.05) is 6.54 Å². The first-order chi connectivity index (χ1) is 30.4. The van der Waals surface area contributed by atoms with Gasteiger partial charge in [-0.05, 0) is 134 Å². The number of fused-ring (bicyclic) bond motifs is 4. The minimum atomic E-state index is -0.595. The van der Waals surface area contributed by atoms with Gasteiger partial charge in [0.05, 0.1) is 11.1 Å². The molecule has 0 saturated heterocycles. The molecule has 0 bridgehead atoms. The average Bonchev–Trinajstić information content (AvgIpc) is 3.62. The van der Waals surface area contributed by atoms with Crippen LogP contribution >= 0.6 is 0 Å². The summed E-state index contributed by atoms with van der Waals surface area (Å²) in [6.07, 6.45) is 0.665. The largest absolute Gasteiger partial charge is 0.295 e. The molecule has 2 aliphatic rings. The maximum absolute atomic E-state index is 14.9. The molecule has 0 aromatic heterocycles. The lowest BCUT2D eigenvalue weighted by atomic mass is 9.81. The monoisotopic (exact) mass is 804 g/mol. The molecule has 1 aliphatic carbocycles. The topological polar surface area (TPSA) is 37.1 Å². The van der Waals surface area contributed by atoms with E-state index in [2.05, 4.69) is 133 Å². The van der Waals surface area contributed by atoms with Crippen LogP contribution in [0.1, 0.15) is 47.6 Å². The van der Waals surface area contributed by atoms with Crippen molar-refractivity contribution in [2.24, 2.45) is 0 Å². The van der Waals surface area contributed by atoms with Crippen LogP contribution in [0.5, 0.6) is 0 Å². The van der Waals surface area contributed by atoms with Gasteiger partial charge in [0.2, 0.25) is 11.5 Å². The van der Waals surface area contributed by atoms with Gasteiger partial charge in [-0.2, -0.15) is 4.58 Å². The van der Waals surface area contributed by atoms with Crippen LogP contribution in [0.4, 0.5) is 4.39 Å². The lowest BCUT2D eigenvalue weighted by Gasteiger charge is -2.24. The van der Waals surface area contributed by atoms with Gasteiger partial charge in [0.1, 0.15) is 5.82 Å². The Labute approximate surface area is 361 Å². The van der Waals surface area contributed by atoms with Crippen molar-refractivity contribution in [3.05, 3.63) is 239 Å². The highest BCUT2D eigenvalue weighted by atomic mass is 19.1. The van der Waals surface area contributed by atoms with E-state index >= 15 is 0 Å². The lowest BCUT2D eigenvalue weighted by molar-refractivity contribution is -0.472. The zero-order valence-electron chi connectivity index (χ0n) is 34.6. The third-order valence-electron chi connectivity index (χ3n) is 12.4. The fourth-order valence-corrected chi connectivity index (χ4v) is 9.72. The second kappa shape index (κ2) is 16.1. The number of nitrogens with zero attached hydrogens (tertiary/aromatic N) is 1. The van der Waals surface area contributed by atoms with E-state index in [0.717, 1.165) is 89.2 Å². The first kappa shape index (κ1) is 38.6. The first-order valence-electron chi connectivity index (χ1n) is 21.2. The molecule has 1 heterocycles. The van der Waals surface area contributed by atoms with Gasteiger partial charge in [0.25, 0.3) is 5.70 Å². The minimum absolute atomic E-state index is 0.182. The number of carbonyl (C=O) groups is 2. The summed E-state index contributed by atoms with van der Waals surface area (Å²) in [5.41, 5.74) is 16.9. The minimum Gasteiger partial charge on any atom is -0.295 e. The first-order valence-corrected chi connectivity index (χ1v) is 21.2. The summed E-state index contributed by atoms with van der Waals surface area (Å²) in [4.78, 5) is 29.5. The van der Waals surface area contributed by atoms with E-state index < -0.39 is 5.92 Å². The van der Waals surface area contributed by atoms with E-state index in [1.165, 1.54) is 12.1 Å². The Morgan fingerprint density at radius 3 is 1.31 bits per heavy atom. The Hall–Kier alpha value is -7.56. The third-order valence-corrected chi connectivity index (χ3v) is 12.4. The quantitative estimate of drug-likeness (QED) is 0.108. The number of rotatable bonds is 9. The molecule has 0 unspecified atom stereocenters. The third kappa shape index (κ3) is 6.84. The average molecular weight is 805 g/mol. The normalized spacial score (nSPS) is 13.5. The molecule has 1 aliphatic heterocycles. The highest BCUT2D eigenvalue weighted by Crippen LogP contribution is 2.55. The Kier molecular flexibility index (Phi) is 10.1. The van der Waals surface area contributed by atoms with Gasteiger partial charge in [-0.1, -0.05) is 140 Å². The molecule has 3 nitrogen and oxygen atoms in total. The number of hydrogen-bond acceptors (Lipinski definition) is 2. The number of carbonyl (C=O) groups excluding carboxylic acids is 2. The van der Waals surface area contributed by atoms with Gasteiger partial charge < -0.3 is 0 Å². The Balaban J connectivity index is 1.35. The molecule has 10 rings (SSSR count). The predicted molar refractivity (Wildman–Crippen MR) is 249 cm³/mol. The summed E-state index contributed by atoms with van der Waals surface area (Å²) in [6.45, 7) is 3.63. The van der Waals surface area contributed by atoms with Crippen LogP contribution in [0.25, 0.3) is 55.6 Å². The summed E-state index contributed by atoms with van der Waals surface area (Å²) in [6, 6.07) is 65.4. The molecule has 8 aromatic carbocycles. The van der Waals surface area contributed by atoms with Crippen LogP contribution < -0.4 is 0 Å². The Morgan fingerprint density at radius 1 is 0.452 bits per heavy atom. The highest BCUT2D eigenvalue weighted by molar-refractivity contribution is 6.13. The van der Waals surface area contributed by atoms with Crippen molar-refractivity contribution >= 4 is 17.3 Å². The molecule has 0 amide bonds. The van der Waals surface area contributed by atoms with E-state index in [9.17, 15) is 14.0 Å². The second-order valence-corrected chi connectivity index (χ2v) is 16.2. The number of Topliss-reactive ketones (excluding diaryl/α,β-unsaturated/α-hetero) is 2. The fraction of sp³-hybridized carbons (Fsp3) is 0.0862. The van der Waals surface area contributed by atoms with Gasteiger partial charge in [-0.3, -0.25) is 9.59 Å². The second-order valence-electron chi connectivity index (χ2n) is 16.2. The predicted octanol–water partition coefficient (Wildman–Crippen LogP) is 13.1. The van der Waals surface area contributed by atoms with E-state index in [1.807, 2.05) is 41.0 Å². The standard InChI is InChI=1S/C58H43FNO2/c1-37(61)55(57(38(2)62)60-32-31-43-25-15-16-26-46(43)58(60)44-27-29-45(59)30-28-44)56-53-35-49(41-21-11-5-12-22-41)47(39-17-7-3-8-18-39)33-51(53)52-34-48(40-19-9-4-10-20-40)50(36-54(52)56)42-23-13-6-14-24-42/h3-30,33-36,56H,31-32H2,1-2H3/q+1/b57-55+. The van der Waals surface area contributed by atoms with E-state index in [4.69, 9.17) is 0 Å². The number of allylic oxidation sites excluding steroid dienone is 2. The molecule has 0 N–H and O–H groups in total. The molecule has 62 heavy (non-hydrogen) atoms. The Bertz CT molecular complexity index is 2960. The summed E-state index contributed by atoms with van der Waals surface area (Å²) in [5, 5.41) is 0. The summed E-state index contributed by atoms with van der Waals surface area (Å²) in [7, 11) is 0. The lowest BCUT2D eigenvalue weighted by Crippen LogP contribution is -2.34. The van der Waals surface area contributed by atoms with Crippen molar-refractivity contribution in [3.63, 3.8) is 0 Å². The van der Waals surface area contributed by atoms with Crippen molar-refractivity contribution in [1.82, 2.24) is 0 Å². The van der Waals surface area contributed by atoms with Crippen LogP contribution in [0.2, 0.25) is 0 Å². The molecule has 8 aromatic rings. The van der Waals surface area contributed by atoms with Crippen LogP contribution in [0.15, 0.2) is 205 Å². The Morgan fingerprint density at radius 2 is 0.871 bits per heavy atom. The van der Waals surface area contributed by atoms with Crippen LogP contribution in [0.3, 0.4) is 0 Å². The maximum atomic E-state index is 14.9. The molecular formula is C58H43FNO2+. The molecule has 4 heteroatoms. The van der Waals surface area contributed by atoms with Crippen molar-refractivity contribution in [1.29, 1.82) is 0 Å².